The Hall–Kier alpha value is -3.18. The SMILES string of the molecule is CC/C=C\C/C=C\C/C=C\C/C=C\CCCCCCC(=O)O[C@H](COCCCCCCCCCCCCCCCCCC)COC(=O)CCC/C=C\C/C=C\C/C=C\C/C=C\CCCCC. The summed E-state index contributed by atoms with van der Waals surface area (Å²) in [6.07, 6.45) is 75.7. The molecule has 0 saturated heterocycles. The lowest BCUT2D eigenvalue weighted by molar-refractivity contribution is -0.163. The van der Waals surface area contributed by atoms with Gasteiger partial charge in [0.2, 0.25) is 0 Å². The lowest BCUT2D eigenvalue weighted by Crippen LogP contribution is -2.30. The number of rotatable bonds is 50. The van der Waals surface area contributed by atoms with Crippen LogP contribution in [-0.2, 0) is 23.8 Å². The average Bonchev–Trinajstić information content (AvgIpc) is 3.32. The Morgan fingerprint density at radius 1 is 0.348 bits per heavy atom. The second kappa shape index (κ2) is 56.1. The molecule has 0 spiro atoms. The average molecular weight is 917 g/mol. The summed E-state index contributed by atoms with van der Waals surface area (Å²) in [6.45, 7) is 7.62. The summed E-state index contributed by atoms with van der Waals surface area (Å²) >= 11 is 0. The van der Waals surface area contributed by atoms with E-state index in [9.17, 15) is 9.59 Å². The first kappa shape index (κ1) is 62.8. The number of ether oxygens (including phenoxy) is 3. The lowest BCUT2D eigenvalue weighted by Gasteiger charge is -2.18. The maximum atomic E-state index is 12.8. The molecule has 0 aliphatic carbocycles. The van der Waals surface area contributed by atoms with Crippen LogP contribution in [0.25, 0.3) is 0 Å². The number of esters is 2. The van der Waals surface area contributed by atoms with Crippen LogP contribution in [0.1, 0.15) is 252 Å². The highest BCUT2D eigenvalue weighted by Gasteiger charge is 2.17. The largest absolute Gasteiger partial charge is 0.462 e. The summed E-state index contributed by atoms with van der Waals surface area (Å²) in [4.78, 5) is 25.5. The molecule has 0 rings (SSSR count). The molecule has 0 aromatic carbocycles. The number of carbonyl (C=O) groups excluding carboxylic acids is 2. The van der Waals surface area contributed by atoms with Gasteiger partial charge >= 0.3 is 11.9 Å². The van der Waals surface area contributed by atoms with Crippen molar-refractivity contribution in [1.29, 1.82) is 0 Å². The number of allylic oxidation sites excluding steroid dienone is 16. The highest BCUT2D eigenvalue weighted by atomic mass is 16.6. The minimum atomic E-state index is -0.575. The van der Waals surface area contributed by atoms with Crippen LogP contribution in [0, 0.1) is 0 Å². The molecule has 0 aliphatic rings. The Morgan fingerprint density at radius 3 is 1.17 bits per heavy atom. The smallest absolute Gasteiger partial charge is 0.306 e. The molecule has 0 radical (unpaired) electrons. The van der Waals surface area contributed by atoms with Gasteiger partial charge in [-0.2, -0.15) is 0 Å². The van der Waals surface area contributed by atoms with Crippen molar-refractivity contribution < 1.29 is 23.8 Å². The van der Waals surface area contributed by atoms with Gasteiger partial charge in [0.25, 0.3) is 0 Å². The third-order valence-electron chi connectivity index (χ3n) is 11.6. The molecule has 378 valence electrons. The van der Waals surface area contributed by atoms with E-state index in [1.807, 2.05) is 0 Å². The van der Waals surface area contributed by atoms with E-state index < -0.39 is 6.10 Å². The summed E-state index contributed by atoms with van der Waals surface area (Å²) in [6, 6.07) is 0. The van der Waals surface area contributed by atoms with Gasteiger partial charge in [0.05, 0.1) is 6.61 Å². The summed E-state index contributed by atoms with van der Waals surface area (Å²) in [5.74, 6) is -0.487. The number of hydrogen-bond acceptors (Lipinski definition) is 5. The van der Waals surface area contributed by atoms with Gasteiger partial charge in [-0.1, -0.05) is 240 Å². The molecule has 5 nitrogen and oxygen atoms in total. The van der Waals surface area contributed by atoms with Crippen molar-refractivity contribution in [2.45, 2.75) is 258 Å². The Kier molecular flexibility index (Phi) is 53.4. The maximum absolute atomic E-state index is 12.8. The van der Waals surface area contributed by atoms with Crippen molar-refractivity contribution in [2.24, 2.45) is 0 Å². The highest BCUT2D eigenvalue weighted by molar-refractivity contribution is 5.70. The second-order valence-corrected chi connectivity index (χ2v) is 18.1. The van der Waals surface area contributed by atoms with Crippen molar-refractivity contribution in [2.75, 3.05) is 19.8 Å². The zero-order chi connectivity index (χ0) is 47.7. The van der Waals surface area contributed by atoms with Crippen LogP contribution in [0.15, 0.2) is 97.2 Å². The Labute approximate surface area is 409 Å². The third kappa shape index (κ3) is 53.4. The molecule has 0 unspecified atom stereocenters. The topological polar surface area (TPSA) is 61.8 Å². The van der Waals surface area contributed by atoms with E-state index in [-0.39, 0.29) is 25.2 Å². The van der Waals surface area contributed by atoms with Crippen LogP contribution < -0.4 is 0 Å². The number of hydrogen-bond donors (Lipinski definition) is 0. The van der Waals surface area contributed by atoms with E-state index >= 15 is 0 Å². The van der Waals surface area contributed by atoms with E-state index in [0.717, 1.165) is 103 Å². The van der Waals surface area contributed by atoms with Crippen molar-refractivity contribution in [1.82, 2.24) is 0 Å². The first-order valence-electron chi connectivity index (χ1n) is 27.8. The number of carbonyl (C=O) groups is 2. The Morgan fingerprint density at radius 2 is 0.697 bits per heavy atom. The zero-order valence-corrected chi connectivity index (χ0v) is 43.4. The molecule has 0 bridgehead atoms. The van der Waals surface area contributed by atoms with Crippen molar-refractivity contribution in [3.05, 3.63) is 97.2 Å². The van der Waals surface area contributed by atoms with Crippen molar-refractivity contribution in [3.8, 4) is 0 Å². The molecule has 0 N–H and O–H groups in total. The zero-order valence-electron chi connectivity index (χ0n) is 43.4. The molecule has 5 heteroatoms. The Balaban J connectivity index is 4.41. The summed E-state index contributed by atoms with van der Waals surface area (Å²) in [7, 11) is 0. The standard InChI is InChI=1S/C61H104O5/c1-4-7-10-13-16-19-22-25-28-31-33-36-39-42-45-48-51-54-60(62)65-58-59(57-64-56-53-50-47-44-41-38-35-30-27-24-21-18-15-12-9-6-3)66-61(63)55-52-49-46-43-40-37-34-32-29-26-23-20-17-14-11-8-5-2/h8,11,16-17,19-20,25-26,28-29,33-34,36-37,42,45,59H,4-7,9-10,12-15,18,21-24,27,30-32,35,38-41,43-44,46-58H2,1-3H3/b11-8-,19-16-,20-17-,28-25-,29-26-,36-33-,37-34-,45-42-/t59-/m1/s1. The molecule has 0 saturated carbocycles. The van der Waals surface area contributed by atoms with Gasteiger partial charge < -0.3 is 14.2 Å². The fraction of sp³-hybridized carbons (Fsp3) is 0.705. The minimum Gasteiger partial charge on any atom is -0.462 e. The van der Waals surface area contributed by atoms with Crippen LogP contribution in [0.5, 0.6) is 0 Å². The van der Waals surface area contributed by atoms with Crippen LogP contribution in [0.3, 0.4) is 0 Å². The van der Waals surface area contributed by atoms with E-state index in [1.165, 1.54) is 116 Å². The van der Waals surface area contributed by atoms with Crippen LogP contribution in [0.4, 0.5) is 0 Å². The van der Waals surface area contributed by atoms with E-state index in [1.54, 1.807) is 0 Å². The molecule has 0 heterocycles. The molecule has 0 amide bonds. The molecule has 1 atom stereocenters. The van der Waals surface area contributed by atoms with Crippen molar-refractivity contribution >= 4 is 11.9 Å². The molecular weight excluding hydrogens is 813 g/mol. The Bertz CT molecular complexity index is 1270. The van der Waals surface area contributed by atoms with Gasteiger partial charge in [0.15, 0.2) is 6.10 Å². The molecule has 66 heavy (non-hydrogen) atoms. The van der Waals surface area contributed by atoms with Gasteiger partial charge in [-0.3, -0.25) is 9.59 Å². The molecule has 0 fully saturated rings. The third-order valence-corrected chi connectivity index (χ3v) is 11.6. The van der Waals surface area contributed by atoms with E-state index in [0.29, 0.717) is 19.4 Å². The van der Waals surface area contributed by atoms with Gasteiger partial charge in [-0.05, 0) is 96.3 Å². The second-order valence-electron chi connectivity index (χ2n) is 18.1. The summed E-state index contributed by atoms with van der Waals surface area (Å²) in [5.41, 5.74) is 0. The first-order chi connectivity index (χ1) is 32.6. The fourth-order valence-electron chi connectivity index (χ4n) is 7.49. The van der Waals surface area contributed by atoms with Crippen LogP contribution >= 0.6 is 0 Å². The van der Waals surface area contributed by atoms with Gasteiger partial charge in [0, 0.05) is 19.4 Å². The molecule has 0 aromatic rings. The molecule has 0 aliphatic heterocycles. The van der Waals surface area contributed by atoms with Gasteiger partial charge in [-0.15, -0.1) is 0 Å². The van der Waals surface area contributed by atoms with Crippen LogP contribution in [-0.4, -0.2) is 37.9 Å². The predicted molar refractivity (Wildman–Crippen MR) is 288 cm³/mol. The molecule has 0 aromatic heterocycles. The maximum Gasteiger partial charge on any atom is 0.306 e. The fourth-order valence-corrected chi connectivity index (χ4v) is 7.49. The van der Waals surface area contributed by atoms with Crippen molar-refractivity contribution in [3.63, 3.8) is 0 Å². The highest BCUT2D eigenvalue weighted by Crippen LogP contribution is 2.15. The quantitative estimate of drug-likeness (QED) is 0.0346. The monoisotopic (exact) mass is 917 g/mol. The first-order valence-corrected chi connectivity index (χ1v) is 27.8. The number of unbranched alkanes of at least 4 members (excludes halogenated alkanes) is 23. The van der Waals surface area contributed by atoms with E-state index in [4.69, 9.17) is 14.2 Å². The molecular formula is C61H104O5. The van der Waals surface area contributed by atoms with Crippen LogP contribution in [0.2, 0.25) is 0 Å². The lowest BCUT2D eigenvalue weighted by atomic mass is 10.0. The van der Waals surface area contributed by atoms with Gasteiger partial charge in [0.1, 0.15) is 6.61 Å². The summed E-state index contributed by atoms with van der Waals surface area (Å²) in [5, 5.41) is 0. The normalized spacial score (nSPS) is 13.0. The predicted octanol–water partition coefficient (Wildman–Crippen LogP) is 19.0. The minimum absolute atomic E-state index is 0.0444. The summed E-state index contributed by atoms with van der Waals surface area (Å²) < 4.78 is 17.4. The van der Waals surface area contributed by atoms with Gasteiger partial charge in [-0.25, -0.2) is 0 Å². The van der Waals surface area contributed by atoms with E-state index in [2.05, 4.69) is 118 Å².